The van der Waals surface area contributed by atoms with Crippen LogP contribution in [-0.2, 0) is 17.9 Å². The summed E-state index contributed by atoms with van der Waals surface area (Å²) >= 11 is 5.95. The van der Waals surface area contributed by atoms with Gasteiger partial charge >= 0.3 is 0 Å². The van der Waals surface area contributed by atoms with Crippen LogP contribution in [0.2, 0.25) is 5.02 Å². The average Bonchev–Trinajstić information content (AvgIpc) is 3.26. The Balaban J connectivity index is 0.00000289. The Labute approximate surface area is 209 Å². The van der Waals surface area contributed by atoms with E-state index < -0.39 is 0 Å². The Morgan fingerprint density at radius 2 is 1.88 bits per heavy atom. The third-order valence-electron chi connectivity index (χ3n) is 5.17. The average molecular weight is 566 g/mol. The summed E-state index contributed by atoms with van der Waals surface area (Å²) in [6.07, 6.45) is 1.69. The first-order chi connectivity index (χ1) is 15.1. The summed E-state index contributed by atoms with van der Waals surface area (Å²) in [6.45, 7) is 2.63. The maximum Gasteiger partial charge on any atom is 0.242 e. The number of amides is 1. The van der Waals surface area contributed by atoms with Crippen LogP contribution in [0.25, 0.3) is 5.69 Å². The SMILES string of the molecule is CN=C(NCc1nncn1-c1ccccc1)N1CCN(Cc2ccc(Cl)cc2)C(=O)C1.I. The fourth-order valence-electron chi connectivity index (χ4n) is 3.54. The molecule has 4 rings (SSSR count). The van der Waals surface area contributed by atoms with Crippen LogP contribution < -0.4 is 5.32 Å². The molecular weight excluding hydrogens is 541 g/mol. The van der Waals surface area contributed by atoms with E-state index in [1.54, 1.807) is 13.4 Å². The largest absolute Gasteiger partial charge is 0.349 e. The first-order valence-electron chi connectivity index (χ1n) is 10.1. The molecule has 0 unspecified atom stereocenters. The van der Waals surface area contributed by atoms with Crippen LogP contribution in [-0.4, -0.2) is 63.1 Å². The molecule has 0 saturated carbocycles. The molecule has 3 aromatic rings. The van der Waals surface area contributed by atoms with E-state index in [9.17, 15) is 4.79 Å². The Hall–Kier alpha value is -2.66. The molecule has 2 aromatic carbocycles. The number of carbonyl (C=O) groups excluding carboxylic acids is 1. The van der Waals surface area contributed by atoms with Crippen LogP contribution in [0.4, 0.5) is 0 Å². The number of aliphatic imine (C=N–C) groups is 1. The summed E-state index contributed by atoms with van der Waals surface area (Å²) in [4.78, 5) is 20.9. The standard InChI is InChI=1S/C22H24ClN7O.HI/c1-24-22(25-13-20-27-26-16-30(20)19-5-3-2-4-6-19)29-12-11-28(21(31)15-29)14-17-7-9-18(23)10-8-17;/h2-10,16H,11-15H2,1H3,(H,24,25);1H. The van der Waals surface area contributed by atoms with Gasteiger partial charge in [-0.05, 0) is 29.8 Å². The van der Waals surface area contributed by atoms with Crippen LogP contribution in [0.1, 0.15) is 11.4 Å². The molecule has 1 N–H and O–H groups in total. The monoisotopic (exact) mass is 565 g/mol. The van der Waals surface area contributed by atoms with Crippen molar-refractivity contribution >= 4 is 47.4 Å². The molecule has 0 atom stereocenters. The Morgan fingerprint density at radius 1 is 1.12 bits per heavy atom. The predicted molar refractivity (Wildman–Crippen MR) is 135 cm³/mol. The van der Waals surface area contributed by atoms with Gasteiger partial charge in [0.1, 0.15) is 6.33 Å². The summed E-state index contributed by atoms with van der Waals surface area (Å²) in [5, 5.41) is 12.3. The van der Waals surface area contributed by atoms with Gasteiger partial charge < -0.3 is 15.1 Å². The van der Waals surface area contributed by atoms with Crippen LogP contribution in [0.5, 0.6) is 0 Å². The molecule has 0 bridgehead atoms. The second-order valence-corrected chi connectivity index (χ2v) is 7.65. The number of rotatable bonds is 5. The van der Waals surface area contributed by atoms with Gasteiger partial charge in [0, 0.05) is 37.4 Å². The number of nitrogens with one attached hydrogen (secondary N) is 1. The molecule has 0 aliphatic carbocycles. The minimum atomic E-state index is 0. The molecule has 32 heavy (non-hydrogen) atoms. The van der Waals surface area contributed by atoms with Crippen LogP contribution in [0.3, 0.4) is 0 Å². The van der Waals surface area contributed by atoms with Gasteiger partial charge in [-0.3, -0.25) is 14.4 Å². The van der Waals surface area contributed by atoms with Crippen molar-refractivity contribution in [2.75, 3.05) is 26.7 Å². The normalized spacial score (nSPS) is 14.3. The van der Waals surface area contributed by atoms with E-state index >= 15 is 0 Å². The van der Waals surface area contributed by atoms with Crippen molar-refractivity contribution in [1.29, 1.82) is 0 Å². The van der Waals surface area contributed by atoms with Gasteiger partial charge in [0.15, 0.2) is 11.8 Å². The lowest BCUT2D eigenvalue weighted by Crippen LogP contribution is -2.54. The van der Waals surface area contributed by atoms with E-state index in [-0.39, 0.29) is 36.4 Å². The van der Waals surface area contributed by atoms with Crippen molar-refractivity contribution in [3.63, 3.8) is 0 Å². The second kappa shape index (κ2) is 11.3. The fraction of sp³-hybridized carbons (Fsp3) is 0.273. The number of halogens is 2. The van der Waals surface area contributed by atoms with Gasteiger partial charge in [-0.2, -0.15) is 0 Å². The molecule has 2 heterocycles. The van der Waals surface area contributed by atoms with E-state index in [2.05, 4.69) is 20.5 Å². The molecule has 1 aliphatic rings. The smallest absolute Gasteiger partial charge is 0.242 e. The molecule has 10 heteroatoms. The minimum absolute atomic E-state index is 0. The first-order valence-corrected chi connectivity index (χ1v) is 10.4. The number of benzene rings is 2. The molecule has 8 nitrogen and oxygen atoms in total. The molecule has 1 saturated heterocycles. The van der Waals surface area contributed by atoms with Gasteiger partial charge in [-0.15, -0.1) is 34.2 Å². The summed E-state index contributed by atoms with van der Waals surface area (Å²) in [7, 11) is 1.72. The van der Waals surface area contributed by atoms with Crippen molar-refractivity contribution in [3.05, 3.63) is 77.3 Å². The number of para-hydroxylation sites is 1. The highest BCUT2D eigenvalue weighted by Gasteiger charge is 2.26. The number of carbonyl (C=O) groups is 1. The number of guanidine groups is 1. The zero-order valence-corrected chi connectivity index (χ0v) is 20.8. The third-order valence-corrected chi connectivity index (χ3v) is 5.43. The molecule has 0 radical (unpaired) electrons. The molecule has 1 aromatic heterocycles. The molecule has 168 valence electrons. The number of hydrogen-bond acceptors (Lipinski definition) is 4. The molecular formula is C22H25ClIN7O. The summed E-state index contributed by atoms with van der Waals surface area (Å²) < 4.78 is 1.93. The maximum atomic E-state index is 12.7. The third kappa shape index (κ3) is 5.77. The number of piperazine rings is 1. The quantitative estimate of drug-likeness (QED) is 0.292. The van der Waals surface area contributed by atoms with E-state index in [1.807, 2.05) is 69.0 Å². The fourth-order valence-corrected chi connectivity index (χ4v) is 3.67. The van der Waals surface area contributed by atoms with Crippen molar-refractivity contribution in [3.8, 4) is 5.69 Å². The van der Waals surface area contributed by atoms with Gasteiger partial charge in [-0.1, -0.05) is 41.9 Å². The molecule has 1 amide bonds. The summed E-state index contributed by atoms with van der Waals surface area (Å²) in [5.41, 5.74) is 2.05. The van der Waals surface area contributed by atoms with Crippen molar-refractivity contribution < 1.29 is 4.79 Å². The van der Waals surface area contributed by atoms with E-state index in [0.29, 0.717) is 37.2 Å². The van der Waals surface area contributed by atoms with Gasteiger partial charge in [-0.25, -0.2) is 0 Å². The van der Waals surface area contributed by atoms with Crippen LogP contribution >= 0.6 is 35.6 Å². The van der Waals surface area contributed by atoms with Crippen molar-refractivity contribution in [2.24, 2.45) is 4.99 Å². The Kier molecular flexibility index (Phi) is 8.46. The van der Waals surface area contributed by atoms with Gasteiger partial charge in [0.05, 0.1) is 13.1 Å². The predicted octanol–water partition coefficient (Wildman–Crippen LogP) is 2.96. The molecule has 0 spiro atoms. The van der Waals surface area contributed by atoms with E-state index in [4.69, 9.17) is 11.6 Å². The van der Waals surface area contributed by atoms with E-state index in [1.165, 1.54) is 0 Å². The molecule has 1 aliphatic heterocycles. The zero-order valence-electron chi connectivity index (χ0n) is 17.7. The van der Waals surface area contributed by atoms with Crippen molar-refractivity contribution in [2.45, 2.75) is 13.1 Å². The number of hydrogen-bond donors (Lipinski definition) is 1. The zero-order chi connectivity index (χ0) is 21.6. The molecule has 1 fully saturated rings. The minimum Gasteiger partial charge on any atom is -0.349 e. The number of aromatic nitrogens is 3. The lowest BCUT2D eigenvalue weighted by molar-refractivity contribution is -0.135. The lowest BCUT2D eigenvalue weighted by atomic mass is 10.2. The van der Waals surface area contributed by atoms with Gasteiger partial charge in [0.2, 0.25) is 5.91 Å². The highest BCUT2D eigenvalue weighted by Crippen LogP contribution is 2.14. The topological polar surface area (TPSA) is 78.7 Å². The number of nitrogens with zero attached hydrogens (tertiary/aromatic N) is 6. The first kappa shape index (κ1) is 24.0. The van der Waals surface area contributed by atoms with E-state index in [0.717, 1.165) is 17.1 Å². The maximum absolute atomic E-state index is 12.7. The lowest BCUT2D eigenvalue weighted by Gasteiger charge is -2.36. The van der Waals surface area contributed by atoms with Crippen LogP contribution in [0.15, 0.2) is 65.9 Å². The second-order valence-electron chi connectivity index (χ2n) is 7.22. The highest BCUT2D eigenvalue weighted by molar-refractivity contribution is 14.0. The summed E-state index contributed by atoms with van der Waals surface area (Å²) in [5.74, 6) is 1.50. The highest BCUT2D eigenvalue weighted by atomic mass is 127. The van der Waals surface area contributed by atoms with Gasteiger partial charge in [0.25, 0.3) is 0 Å². The summed E-state index contributed by atoms with van der Waals surface area (Å²) in [6, 6.07) is 17.5. The van der Waals surface area contributed by atoms with Crippen LogP contribution in [0, 0.1) is 0 Å². The Bertz CT molecular complexity index is 1060. The Morgan fingerprint density at radius 3 is 2.56 bits per heavy atom. The van der Waals surface area contributed by atoms with Crippen molar-refractivity contribution in [1.82, 2.24) is 29.9 Å².